The molecule has 0 spiro atoms. The molecule has 2 rings (SSSR count). The molecule has 1 aromatic carbocycles. The van der Waals surface area contributed by atoms with Gasteiger partial charge in [-0.05, 0) is 30.9 Å². The molecule has 29 heavy (non-hydrogen) atoms. The Balaban J connectivity index is 2.14. The van der Waals surface area contributed by atoms with Crippen LogP contribution in [0.15, 0.2) is 35.2 Å². The molecule has 0 saturated carbocycles. The highest BCUT2D eigenvalue weighted by atomic mass is 32.2. The molecule has 9 nitrogen and oxygen atoms in total. The molecule has 1 saturated heterocycles. The molecule has 1 heterocycles. The second-order valence-electron chi connectivity index (χ2n) is 7.09. The number of ketones is 1. The molecule has 10 heteroatoms. The van der Waals surface area contributed by atoms with Crippen molar-refractivity contribution >= 4 is 27.6 Å². The third kappa shape index (κ3) is 6.62. The molecule has 2 amide bonds. The molecule has 3 N–H and O–H groups in total. The molecule has 0 bridgehead atoms. The van der Waals surface area contributed by atoms with Gasteiger partial charge in [-0.1, -0.05) is 32.0 Å². The fraction of sp³-hybridized carbons (Fsp3) is 0.526. The van der Waals surface area contributed by atoms with Crippen LogP contribution in [0.3, 0.4) is 0 Å². The molecule has 160 valence electrons. The van der Waals surface area contributed by atoms with Crippen LogP contribution in [0.25, 0.3) is 0 Å². The lowest BCUT2D eigenvalue weighted by atomic mass is 10.0. The first kappa shape index (κ1) is 23.0. The van der Waals surface area contributed by atoms with E-state index in [1.165, 1.54) is 12.1 Å². The van der Waals surface area contributed by atoms with E-state index in [4.69, 9.17) is 4.74 Å². The highest BCUT2D eigenvalue weighted by Crippen LogP contribution is 2.12. The highest BCUT2D eigenvalue weighted by Gasteiger charge is 2.33. The normalized spacial score (nSPS) is 20.0. The number of Topliss-reactive ketones (excluding diaryl/α,β-unsaturated/α-hetero) is 1. The SMILES string of the molecule is CC(C)C(NS(=O)(=O)c1ccccc1)C(=O)NC1CCCOCCNC(=O)C1=O. The van der Waals surface area contributed by atoms with E-state index >= 15 is 0 Å². The highest BCUT2D eigenvalue weighted by molar-refractivity contribution is 7.89. The van der Waals surface area contributed by atoms with Crippen molar-refractivity contribution in [3.05, 3.63) is 30.3 Å². The van der Waals surface area contributed by atoms with Gasteiger partial charge in [-0.25, -0.2) is 8.42 Å². The van der Waals surface area contributed by atoms with Crippen LogP contribution in [-0.4, -0.2) is 57.9 Å². The molecule has 1 fully saturated rings. The summed E-state index contributed by atoms with van der Waals surface area (Å²) >= 11 is 0. The van der Waals surface area contributed by atoms with E-state index in [1.54, 1.807) is 32.0 Å². The van der Waals surface area contributed by atoms with Gasteiger partial charge >= 0.3 is 0 Å². The number of ether oxygens (including phenoxy) is 1. The standard InChI is InChI=1S/C19H27N3O6S/c1-13(2)16(22-29(26,27)14-7-4-3-5-8-14)18(24)21-15-9-6-11-28-12-10-20-19(25)17(15)23/h3-5,7-8,13,15-16,22H,6,9-12H2,1-2H3,(H,20,25)(H,21,24). The van der Waals surface area contributed by atoms with Crippen molar-refractivity contribution in [2.24, 2.45) is 5.92 Å². The molecular formula is C19H27N3O6S. The fourth-order valence-corrected chi connectivity index (χ4v) is 4.20. The van der Waals surface area contributed by atoms with Crippen molar-refractivity contribution in [1.29, 1.82) is 0 Å². The van der Waals surface area contributed by atoms with Gasteiger partial charge in [0, 0.05) is 13.2 Å². The zero-order valence-electron chi connectivity index (χ0n) is 16.5. The van der Waals surface area contributed by atoms with Gasteiger partial charge in [0.25, 0.3) is 5.91 Å². The Labute approximate surface area is 170 Å². The molecule has 1 aliphatic heterocycles. The van der Waals surface area contributed by atoms with Crippen molar-refractivity contribution in [3.63, 3.8) is 0 Å². The topological polar surface area (TPSA) is 131 Å². The Morgan fingerprint density at radius 2 is 1.86 bits per heavy atom. The van der Waals surface area contributed by atoms with Gasteiger partial charge in [-0.15, -0.1) is 0 Å². The summed E-state index contributed by atoms with van der Waals surface area (Å²) in [6, 6.07) is 5.54. The molecular weight excluding hydrogens is 398 g/mol. The van der Waals surface area contributed by atoms with Crippen molar-refractivity contribution < 1.29 is 27.5 Å². The summed E-state index contributed by atoms with van der Waals surface area (Å²) in [5, 5.41) is 4.98. The van der Waals surface area contributed by atoms with Gasteiger partial charge in [-0.2, -0.15) is 4.72 Å². The van der Waals surface area contributed by atoms with E-state index in [2.05, 4.69) is 15.4 Å². The minimum absolute atomic E-state index is 0.0322. The predicted molar refractivity (Wildman–Crippen MR) is 105 cm³/mol. The third-order valence-corrected chi connectivity index (χ3v) is 5.91. The number of hydrogen-bond acceptors (Lipinski definition) is 6. The molecule has 2 atom stereocenters. The molecule has 2 unspecified atom stereocenters. The number of amides is 2. The number of carbonyl (C=O) groups excluding carboxylic acids is 3. The van der Waals surface area contributed by atoms with Gasteiger partial charge in [0.05, 0.1) is 17.5 Å². The van der Waals surface area contributed by atoms with E-state index in [0.717, 1.165) is 0 Å². The Morgan fingerprint density at radius 3 is 2.52 bits per heavy atom. The van der Waals surface area contributed by atoms with Crippen molar-refractivity contribution in [2.45, 2.75) is 43.7 Å². The molecule has 0 aliphatic carbocycles. The lowest BCUT2D eigenvalue weighted by Crippen LogP contribution is -2.55. The summed E-state index contributed by atoms with van der Waals surface area (Å²) in [6.45, 7) is 4.29. The summed E-state index contributed by atoms with van der Waals surface area (Å²) in [7, 11) is -3.93. The van der Waals surface area contributed by atoms with E-state index < -0.39 is 39.7 Å². The average molecular weight is 426 g/mol. The van der Waals surface area contributed by atoms with Crippen LogP contribution in [0.2, 0.25) is 0 Å². The largest absolute Gasteiger partial charge is 0.380 e. The van der Waals surface area contributed by atoms with Crippen LogP contribution >= 0.6 is 0 Å². The first-order valence-electron chi connectivity index (χ1n) is 9.50. The molecule has 0 aromatic heterocycles. The van der Waals surface area contributed by atoms with Gasteiger partial charge in [-0.3, -0.25) is 14.4 Å². The van der Waals surface area contributed by atoms with Crippen LogP contribution in [0.5, 0.6) is 0 Å². The summed E-state index contributed by atoms with van der Waals surface area (Å²) in [5.74, 6) is -2.61. The first-order chi connectivity index (χ1) is 13.7. The second-order valence-corrected chi connectivity index (χ2v) is 8.81. The number of nitrogens with one attached hydrogen (secondary N) is 3. The fourth-order valence-electron chi connectivity index (χ4n) is 2.83. The Kier molecular flexibility index (Phi) is 8.30. The number of rotatable bonds is 6. The lowest BCUT2D eigenvalue weighted by Gasteiger charge is -2.25. The summed E-state index contributed by atoms with van der Waals surface area (Å²) in [4.78, 5) is 37.2. The quantitative estimate of drug-likeness (QED) is 0.549. The van der Waals surface area contributed by atoms with Crippen molar-refractivity contribution in [1.82, 2.24) is 15.4 Å². The first-order valence-corrected chi connectivity index (χ1v) is 11.0. The molecule has 0 radical (unpaired) electrons. The Hall–Kier alpha value is -2.30. The Morgan fingerprint density at radius 1 is 1.17 bits per heavy atom. The van der Waals surface area contributed by atoms with Gasteiger partial charge in [0.2, 0.25) is 21.7 Å². The monoisotopic (exact) mass is 425 g/mol. The van der Waals surface area contributed by atoms with E-state index in [0.29, 0.717) is 19.6 Å². The van der Waals surface area contributed by atoms with Crippen LogP contribution in [0.4, 0.5) is 0 Å². The maximum absolute atomic E-state index is 12.8. The van der Waals surface area contributed by atoms with E-state index in [1.807, 2.05) is 0 Å². The average Bonchev–Trinajstić information content (AvgIpc) is 2.69. The van der Waals surface area contributed by atoms with Crippen LogP contribution in [0.1, 0.15) is 26.7 Å². The van der Waals surface area contributed by atoms with E-state index in [-0.39, 0.29) is 23.8 Å². The van der Waals surface area contributed by atoms with Crippen molar-refractivity contribution in [2.75, 3.05) is 19.8 Å². The maximum atomic E-state index is 12.8. The number of hydrogen-bond donors (Lipinski definition) is 3. The second kappa shape index (κ2) is 10.5. The number of sulfonamides is 1. The smallest absolute Gasteiger partial charge is 0.289 e. The summed E-state index contributed by atoms with van der Waals surface area (Å²) in [6.07, 6.45) is 0.695. The number of carbonyl (C=O) groups is 3. The van der Waals surface area contributed by atoms with Crippen LogP contribution in [0, 0.1) is 5.92 Å². The maximum Gasteiger partial charge on any atom is 0.289 e. The zero-order chi connectivity index (χ0) is 21.4. The molecule has 1 aliphatic rings. The zero-order valence-corrected chi connectivity index (χ0v) is 17.3. The number of benzene rings is 1. The van der Waals surface area contributed by atoms with E-state index in [9.17, 15) is 22.8 Å². The van der Waals surface area contributed by atoms with Gasteiger partial charge in [0.15, 0.2) is 0 Å². The van der Waals surface area contributed by atoms with Crippen LogP contribution in [-0.2, 0) is 29.1 Å². The molecule has 1 aromatic rings. The van der Waals surface area contributed by atoms with Crippen molar-refractivity contribution in [3.8, 4) is 0 Å². The van der Waals surface area contributed by atoms with Gasteiger partial charge < -0.3 is 15.4 Å². The third-order valence-electron chi connectivity index (χ3n) is 4.45. The van der Waals surface area contributed by atoms with Crippen LogP contribution < -0.4 is 15.4 Å². The lowest BCUT2D eigenvalue weighted by molar-refractivity contribution is -0.140. The summed E-state index contributed by atoms with van der Waals surface area (Å²) < 4.78 is 32.9. The predicted octanol–water partition coefficient (Wildman–Crippen LogP) is -0.0300. The minimum atomic E-state index is -3.93. The summed E-state index contributed by atoms with van der Waals surface area (Å²) in [5.41, 5.74) is 0. The Bertz CT molecular complexity index is 826. The van der Waals surface area contributed by atoms with Gasteiger partial charge in [0.1, 0.15) is 6.04 Å². The minimum Gasteiger partial charge on any atom is -0.380 e.